The third kappa shape index (κ3) is 4.11. The predicted octanol–water partition coefficient (Wildman–Crippen LogP) is 2.47. The summed E-state index contributed by atoms with van der Waals surface area (Å²) < 4.78 is 13.2. The van der Waals surface area contributed by atoms with Crippen LogP contribution in [0.2, 0.25) is 0 Å². The second-order valence-corrected chi connectivity index (χ2v) is 3.94. The summed E-state index contributed by atoms with van der Waals surface area (Å²) in [5.74, 6) is -0.632. The summed E-state index contributed by atoms with van der Waals surface area (Å²) in [6.07, 6.45) is 0.860. The summed E-state index contributed by atoms with van der Waals surface area (Å²) in [4.78, 5) is 11.8. The molecule has 0 spiro atoms. The molecule has 5 nitrogen and oxygen atoms in total. The average Bonchev–Trinajstić information content (AvgIpc) is 2.28. The van der Waals surface area contributed by atoms with E-state index in [9.17, 15) is 14.5 Å². The van der Waals surface area contributed by atoms with Crippen LogP contribution in [0, 0.1) is 27.3 Å². The summed E-state index contributed by atoms with van der Waals surface area (Å²) in [7, 11) is 0. The molecule has 18 heavy (non-hydrogen) atoms. The molecule has 0 unspecified atom stereocenters. The van der Waals surface area contributed by atoms with E-state index in [2.05, 4.69) is 0 Å². The van der Waals surface area contributed by atoms with Crippen molar-refractivity contribution in [3.05, 3.63) is 39.7 Å². The lowest BCUT2D eigenvalue weighted by atomic mass is 10.1. The molecule has 0 bridgehead atoms. The normalized spacial score (nSPS) is 10.3. The number of non-ortho nitro benzene ring substituents is 1. The second kappa shape index (κ2) is 6.67. The van der Waals surface area contributed by atoms with Crippen LogP contribution in [0.5, 0.6) is 0 Å². The highest BCUT2D eigenvalue weighted by Crippen LogP contribution is 2.17. The molecule has 1 aromatic rings. The highest BCUT2D eigenvalue weighted by atomic mass is 19.1. The predicted molar refractivity (Wildman–Crippen MR) is 64.2 cm³/mol. The fraction of sp³-hybridized carbons (Fsp3) is 0.417. The zero-order chi connectivity index (χ0) is 13.5. The van der Waals surface area contributed by atoms with Gasteiger partial charge in [-0.15, -0.1) is 0 Å². The van der Waals surface area contributed by atoms with Crippen LogP contribution < -0.4 is 0 Å². The van der Waals surface area contributed by atoms with E-state index in [1.807, 2.05) is 17.9 Å². The number of rotatable bonds is 6. The van der Waals surface area contributed by atoms with Gasteiger partial charge in [-0.3, -0.25) is 15.0 Å². The Kier molecular flexibility index (Phi) is 5.21. The number of hydrogen-bond acceptors (Lipinski definition) is 4. The van der Waals surface area contributed by atoms with Crippen LogP contribution in [0.25, 0.3) is 0 Å². The topological polar surface area (TPSA) is 70.2 Å². The average molecular weight is 251 g/mol. The molecule has 1 aromatic carbocycles. The summed E-state index contributed by atoms with van der Waals surface area (Å²) in [5.41, 5.74) is 0.240. The van der Waals surface area contributed by atoms with Gasteiger partial charge in [-0.05, 0) is 24.6 Å². The van der Waals surface area contributed by atoms with Crippen molar-refractivity contribution < 1.29 is 9.31 Å². The summed E-state index contributed by atoms with van der Waals surface area (Å²) >= 11 is 0. The summed E-state index contributed by atoms with van der Waals surface area (Å²) in [5, 5.41) is 19.3. The lowest BCUT2D eigenvalue weighted by Crippen LogP contribution is -2.24. The van der Waals surface area contributed by atoms with Gasteiger partial charge in [0.05, 0.1) is 23.6 Å². The minimum absolute atomic E-state index is 0.220. The molecule has 0 saturated heterocycles. The molecule has 0 fully saturated rings. The zero-order valence-electron chi connectivity index (χ0n) is 10.1. The van der Waals surface area contributed by atoms with Gasteiger partial charge in [-0.1, -0.05) is 6.92 Å². The largest absolute Gasteiger partial charge is 0.286 e. The number of benzene rings is 1. The Morgan fingerprint density at radius 1 is 1.50 bits per heavy atom. The Morgan fingerprint density at radius 2 is 2.22 bits per heavy atom. The van der Waals surface area contributed by atoms with E-state index < -0.39 is 10.7 Å². The summed E-state index contributed by atoms with van der Waals surface area (Å²) in [6.45, 7) is 3.22. The third-order valence-corrected chi connectivity index (χ3v) is 2.39. The molecule has 0 radical (unpaired) electrons. The maximum atomic E-state index is 13.2. The van der Waals surface area contributed by atoms with E-state index in [-0.39, 0.29) is 12.2 Å². The Bertz CT molecular complexity index is 471. The van der Waals surface area contributed by atoms with Gasteiger partial charge in [0, 0.05) is 12.6 Å². The molecule has 0 saturated carbocycles. The van der Waals surface area contributed by atoms with E-state index in [1.165, 1.54) is 12.1 Å². The van der Waals surface area contributed by atoms with Crippen molar-refractivity contribution in [2.75, 3.05) is 13.1 Å². The molecule has 0 amide bonds. The van der Waals surface area contributed by atoms with Crippen molar-refractivity contribution >= 4 is 5.69 Å². The Hall–Kier alpha value is -2.00. The van der Waals surface area contributed by atoms with Crippen molar-refractivity contribution in [3.8, 4) is 6.07 Å². The van der Waals surface area contributed by atoms with Crippen molar-refractivity contribution in [1.29, 1.82) is 5.26 Å². The number of halogens is 1. The maximum absolute atomic E-state index is 13.2. The van der Waals surface area contributed by atoms with Crippen molar-refractivity contribution in [2.45, 2.75) is 19.9 Å². The van der Waals surface area contributed by atoms with E-state index in [0.29, 0.717) is 18.7 Å². The molecular formula is C12H14FN3O2. The minimum Gasteiger partial charge on any atom is -0.286 e. The number of hydrogen-bond donors (Lipinski definition) is 0. The molecular weight excluding hydrogens is 237 g/mol. The fourth-order valence-electron chi connectivity index (χ4n) is 1.72. The first-order valence-corrected chi connectivity index (χ1v) is 5.60. The van der Waals surface area contributed by atoms with Gasteiger partial charge in [0.15, 0.2) is 0 Å². The molecule has 0 aliphatic rings. The first kappa shape index (κ1) is 14.1. The highest BCUT2D eigenvalue weighted by Gasteiger charge is 2.12. The van der Waals surface area contributed by atoms with Gasteiger partial charge in [-0.2, -0.15) is 5.26 Å². The van der Waals surface area contributed by atoms with Crippen LogP contribution in [-0.4, -0.2) is 22.9 Å². The molecule has 0 aromatic heterocycles. The SMILES string of the molecule is CCCN(CC#N)Cc1cc(F)cc([N+](=O)[O-])c1. The Labute approximate surface area is 105 Å². The van der Waals surface area contributed by atoms with E-state index in [4.69, 9.17) is 5.26 Å². The van der Waals surface area contributed by atoms with E-state index in [0.717, 1.165) is 12.5 Å². The van der Waals surface area contributed by atoms with Crippen molar-refractivity contribution in [3.63, 3.8) is 0 Å². The first-order chi connectivity index (χ1) is 8.56. The second-order valence-electron chi connectivity index (χ2n) is 3.94. The van der Waals surface area contributed by atoms with Gasteiger partial charge >= 0.3 is 0 Å². The molecule has 0 aliphatic carbocycles. The van der Waals surface area contributed by atoms with E-state index in [1.54, 1.807) is 0 Å². The lowest BCUT2D eigenvalue weighted by molar-refractivity contribution is -0.385. The van der Waals surface area contributed by atoms with Gasteiger partial charge in [0.1, 0.15) is 5.82 Å². The third-order valence-electron chi connectivity index (χ3n) is 2.39. The first-order valence-electron chi connectivity index (χ1n) is 5.60. The Balaban J connectivity index is 2.88. The van der Waals surface area contributed by atoms with Gasteiger partial charge < -0.3 is 0 Å². The van der Waals surface area contributed by atoms with Gasteiger partial charge in [0.2, 0.25) is 0 Å². The number of nitro groups is 1. The van der Waals surface area contributed by atoms with Crippen LogP contribution in [0.3, 0.4) is 0 Å². The number of nitrogens with zero attached hydrogens (tertiary/aromatic N) is 3. The number of nitriles is 1. The van der Waals surface area contributed by atoms with Crippen LogP contribution in [0.4, 0.5) is 10.1 Å². The highest BCUT2D eigenvalue weighted by molar-refractivity contribution is 5.35. The van der Waals surface area contributed by atoms with Crippen LogP contribution in [-0.2, 0) is 6.54 Å². The fourth-order valence-corrected chi connectivity index (χ4v) is 1.72. The molecule has 6 heteroatoms. The monoisotopic (exact) mass is 251 g/mol. The zero-order valence-corrected chi connectivity index (χ0v) is 10.1. The summed E-state index contributed by atoms with van der Waals surface area (Å²) in [6, 6.07) is 5.50. The molecule has 0 atom stereocenters. The molecule has 96 valence electrons. The number of nitro benzene ring substituents is 1. The van der Waals surface area contributed by atoms with Crippen LogP contribution >= 0.6 is 0 Å². The van der Waals surface area contributed by atoms with Gasteiger partial charge in [0.25, 0.3) is 5.69 Å². The van der Waals surface area contributed by atoms with Crippen molar-refractivity contribution in [1.82, 2.24) is 4.90 Å². The molecule has 1 rings (SSSR count). The van der Waals surface area contributed by atoms with Crippen LogP contribution in [0.15, 0.2) is 18.2 Å². The van der Waals surface area contributed by atoms with E-state index >= 15 is 0 Å². The lowest BCUT2D eigenvalue weighted by Gasteiger charge is -2.17. The van der Waals surface area contributed by atoms with Gasteiger partial charge in [-0.25, -0.2) is 4.39 Å². The van der Waals surface area contributed by atoms with Crippen molar-refractivity contribution in [2.24, 2.45) is 0 Å². The maximum Gasteiger partial charge on any atom is 0.272 e. The minimum atomic E-state index is -0.632. The smallest absolute Gasteiger partial charge is 0.272 e. The molecule has 0 heterocycles. The van der Waals surface area contributed by atoms with Crippen LogP contribution in [0.1, 0.15) is 18.9 Å². The molecule has 0 aliphatic heterocycles. The molecule has 0 N–H and O–H groups in total. The standard InChI is InChI=1S/C12H14FN3O2/c1-2-4-15(5-3-14)9-10-6-11(13)8-12(7-10)16(17)18/h6-8H,2,4-5,9H2,1H3. The Morgan fingerprint density at radius 3 is 2.78 bits per heavy atom. The quantitative estimate of drug-likeness (QED) is 0.442.